The van der Waals surface area contributed by atoms with Gasteiger partial charge in [-0.15, -0.1) is 0 Å². The van der Waals surface area contributed by atoms with Crippen LogP contribution in [0.5, 0.6) is 0 Å². The molecule has 1 fully saturated rings. The lowest BCUT2D eigenvalue weighted by atomic mass is 10.1. The number of rotatable bonds is 5. The van der Waals surface area contributed by atoms with Crippen molar-refractivity contribution in [1.29, 1.82) is 0 Å². The monoisotopic (exact) mass is 467 g/mol. The second kappa shape index (κ2) is 8.32. The largest absolute Gasteiger partial charge is 0.330 e. The highest BCUT2D eigenvalue weighted by Gasteiger charge is 2.37. The first-order valence-corrected chi connectivity index (χ1v) is 11.3. The van der Waals surface area contributed by atoms with Gasteiger partial charge in [0, 0.05) is 24.6 Å². The average molecular weight is 468 g/mol. The maximum Gasteiger partial charge on any atom is 0.280 e. The van der Waals surface area contributed by atoms with Gasteiger partial charge in [-0.25, -0.2) is 9.37 Å². The summed E-state index contributed by atoms with van der Waals surface area (Å²) in [6.07, 6.45) is 1.93. The lowest BCUT2D eigenvalue weighted by Gasteiger charge is -2.20. The number of fused-ring (bicyclic) bond motifs is 2. The number of anilines is 1. The molecule has 2 amide bonds. The maximum absolute atomic E-state index is 13.3. The van der Waals surface area contributed by atoms with Crippen LogP contribution in [0, 0.1) is 5.82 Å². The van der Waals surface area contributed by atoms with Crippen LogP contribution in [-0.4, -0.2) is 67.0 Å². The van der Waals surface area contributed by atoms with Crippen LogP contribution in [0.3, 0.4) is 0 Å². The van der Waals surface area contributed by atoms with E-state index in [-0.39, 0.29) is 48.0 Å². The number of nitrogens with zero attached hydrogens (tertiary/aromatic N) is 6. The molecule has 1 saturated heterocycles. The lowest BCUT2D eigenvalue weighted by molar-refractivity contribution is -0.116. The van der Waals surface area contributed by atoms with Gasteiger partial charge in [-0.05, 0) is 46.0 Å². The molecule has 1 unspecified atom stereocenters. The third-order valence-corrected chi connectivity index (χ3v) is 6.51. The molecule has 178 valence electrons. The van der Waals surface area contributed by atoms with Gasteiger partial charge in [0.2, 0.25) is 5.91 Å². The Labute approximate surface area is 195 Å². The molecule has 0 spiro atoms. The van der Waals surface area contributed by atoms with E-state index in [0.717, 1.165) is 31.4 Å². The molecular formula is C23H26FN7O3. The van der Waals surface area contributed by atoms with Gasteiger partial charge < -0.3 is 19.7 Å². The summed E-state index contributed by atoms with van der Waals surface area (Å²) in [5.41, 5.74) is 1.37. The molecule has 2 aliphatic heterocycles. The van der Waals surface area contributed by atoms with Crippen molar-refractivity contribution in [3.8, 4) is 0 Å². The molecule has 10 nitrogen and oxygen atoms in total. The molecule has 0 radical (unpaired) electrons. The topological polar surface area (TPSA) is 105 Å². The summed E-state index contributed by atoms with van der Waals surface area (Å²) in [4.78, 5) is 47.2. The Balaban J connectivity index is 1.59. The minimum Gasteiger partial charge on any atom is -0.330 e. The first-order chi connectivity index (χ1) is 16.2. The van der Waals surface area contributed by atoms with Gasteiger partial charge >= 0.3 is 0 Å². The second-order valence-electron chi connectivity index (χ2n) is 9.24. The Hall–Kier alpha value is -3.60. The van der Waals surface area contributed by atoms with E-state index in [0.29, 0.717) is 11.2 Å². The molecule has 2 aliphatic rings. The number of nitrogens with one attached hydrogen (secondary N) is 1. The number of halogens is 1. The quantitative estimate of drug-likeness (QED) is 0.609. The van der Waals surface area contributed by atoms with E-state index in [1.807, 2.05) is 20.9 Å². The Morgan fingerprint density at radius 3 is 2.74 bits per heavy atom. The Bertz CT molecular complexity index is 1350. The van der Waals surface area contributed by atoms with Gasteiger partial charge in [0.15, 0.2) is 0 Å². The van der Waals surface area contributed by atoms with E-state index >= 15 is 0 Å². The number of pyridine rings is 1. The molecule has 0 aliphatic carbocycles. The zero-order chi connectivity index (χ0) is 24.1. The normalized spacial score (nSPS) is 18.3. The summed E-state index contributed by atoms with van der Waals surface area (Å²) in [5, 5.41) is 7.23. The molecule has 3 aromatic rings. The van der Waals surface area contributed by atoms with Gasteiger partial charge in [0.1, 0.15) is 29.5 Å². The molecule has 0 saturated carbocycles. The second-order valence-corrected chi connectivity index (χ2v) is 9.24. The molecule has 3 aromatic heterocycles. The van der Waals surface area contributed by atoms with Gasteiger partial charge in [-0.1, -0.05) is 0 Å². The predicted octanol–water partition coefficient (Wildman–Crippen LogP) is 1.45. The van der Waals surface area contributed by atoms with Crippen LogP contribution in [0.4, 0.5) is 10.2 Å². The van der Waals surface area contributed by atoms with Gasteiger partial charge in [0.05, 0.1) is 24.0 Å². The Morgan fingerprint density at radius 1 is 1.29 bits per heavy atom. The number of hydrogen-bond donors (Lipinski definition) is 1. The number of likely N-dealkylation sites (tertiary alicyclic amines) is 1. The van der Waals surface area contributed by atoms with E-state index in [1.165, 1.54) is 16.6 Å². The number of aromatic nitrogens is 4. The molecule has 1 atom stereocenters. The van der Waals surface area contributed by atoms with E-state index in [4.69, 9.17) is 0 Å². The van der Waals surface area contributed by atoms with E-state index in [9.17, 15) is 18.8 Å². The van der Waals surface area contributed by atoms with Crippen LogP contribution in [0.25, 0.3) is 5.65 Å². The minimum absolute atomic E-state index is 0.109. The average Bonchev–Trinajstić information content (AvgIpc) is 3.50. The summed E-state index contributed by atoms with van der Waals surface area (Å²) in [6.45, 7) is 5.47. The maximum atomic E-state index is 13.3. The third-order valence-electron chi connectivity index (χ3n) is 6.51. The highest BCUT2D eigenvalue weighted by Crippen LogP contribution is 2.28. The molecule has 11 heteroatoms. The smallest absolute Gasteiger partial charge is 0.280 e. The number of carbonyl (C=O) groups is 2. The molecular weight excluding hydrogens is 441 g/mol. The van der Waals surface area contributed by atoms with Crippen LogP contribution >= 0.6 is 0 Å². The summed E-state index contributed by atoms with van der Waals surface area (Å²) < 4.78 is 16.0. The highest BCUT2D eigenvalue weighted by molar-refractivity contribution is 5.98. The van der Waals surface area contributed by atoms with E-state index in [2.05, 4.69) is 20.3 Å². The third kappa shape index (κ3) is 3.75. The number of likely N-dealkylation sites (N-methyl/N-ethyl adjacent to an activating group) is 1. The SMILES string of the molecule is CC(C)N1Cc2c(n(CC(=O)Nc3ccc(F)cn3)c3cc(C4CCN(C)C4)nn3c2=O)C1=O. The van der Waals surface area contributed by atoms with Crippen molar-refractivity contribution < 1.29 is 14.0 Å². The van der Waals surface area contributed by atoms with Crippen molar-refractivity contribution in [2.24, 2.45) is 0 Å². The molecule has 5 rings (SSSR count). The first kappa shape index (κ1) is 22.2. The van der Waals surface area contributed by atoms with Crippen LogP contribution in [0.15, 0.2) is 29.2 Å². The lowest BCUT2D eigenvalue weighted by Crippen LogP contribution is -2.32. The van der Waals surface area contributed by atoms with Gasteiger partial charge in [0.25, 0.3) is 11.5 Å². The van der Waals surface area contributed by atoms with Crippen molar-refractivity contribution in [3.63, 3.8) is 0 Å². The standard InChI is InChI=1S/C23H26FN7O3/c1-13(2)29-11-16-21(23(29)34)30(12-19(32)26-18-5-4-15(24)9-25-18)20-8-17(27-31(20)22(16)33)14-6-7-28(3)10-14/h4-5,8-9,13-14H,6-7,10-12H2,1-3H3,(H,25,26,32). The van der Waals surface area contributed by atoms with Crippen LogP contribution in [-0.2, 0) is 17.9 Å². The van der Waals surface area contributed by atoms with Crippen LogP contribution in [0.1, 0.15) is 47.9 Å². The van der Waals surface area contributed by atoms with Crippen molar-refractivity contribution in [2.75, 3.05) is 25.5 Å². The Morgan fingerprint density at radius 2 is 2.09 bits per heavy atom. The minimum atomic E-state index is -0.512. The fourth-order valence-corrected chi connectivity index (χ4v) is 4.73. The Kier molecular flexibility index (Phi) is 5.43. The van der Waals surface area contributed by atoms with Crippen molar-refractivity contribution in [2.45, 2.75) is 45.3 Å². The van der Waals surface area contributed by atoms with Crippen molar-refractivity contribution >= 4 is 23.3 Å². The fourth-order valence-electron chi connectivity index (χ4n) is 4.73. The van der Waals surface area contributed by atoms with Crippen LogP contribution < -0.4 is 10.9 Å². The summed E-state index contributed by atoms with van der Waals surface area (Å²) in [5.74, 6) is -0.889. The van der Waals surface area contributed by atoms with E-state index < -0.39 is 11.7 Å². The summed E-state index contributed by atoms with van der Waals surface area (Å²) in [6, 6.07) is 4.25. The van der Waals surface area contributed by atoms with Gasteiger partial charge in [-0.3, -0.25) is 14.4 Å². The van der Waals surface area contributed by atoms with E-state index in [1.54, 1.807) is 15.5 Å². The summed E-state index contributed by atoms with van der Waals surface area (Å²) in [7, 11) is 2.04. The molecule has 1 N–H and O–H groups in total. The zero-order valence-electron chi connectivity index (χ0n) is 19.3. The molecule has 5 heterocycles. The summed E-state index contributed by atoms with van der Waals surface area (Å²) >= 11 is 0. The predicted molar refractivity (Wildman–Crippen MR) is 122 cm³/mol. The number of carbonyl (C=O) groups excluding carboxylic acids is 2. The molecule has 0 aromatic carbocycles. The molecule has 0 bridgehead atoms. The molecule has 34 heavy (non-hydrogen) atoms. The first-order valence-electron chi connectivity index (χ1n) is 11.3. The zero-order valence-corrected chi connectivity index (χ0v) is 19.3. The number of amides is 2. The van der Waals surface area contributed by atoms with Crippen molar-refractivity contribution in [1.82, 2.24) is 29.0 Å². The number of hydrogen-bond acceptors (Lipinski definition) is 6. The van der Waals surface area contributed by atoms with Gasteiger partial charge in [-0.2, -0.15) is 9.61 Å². The van der Waals surface area contributed by atoms with Crippen LogP contribution in [0.2, 0.25) is 0 Å². The highest BCUT2D eigenvalue weighted by atomic mass is 19.1. The van der Waals surface area contributed by atoms with Crippen molar-refractivity contribution in [3.05, 3.63) is 57.5 Å². The fraction of sp³-hybridized carbons (Fsp3) is 0.435.